The molecule has 3 N–H and O–H groups in total. The van der Waals surface area contributed by atoms with E-state index >= 15 is 0 Å². The summed E-state index contributed by atoms with van der Waals surface area (Å²) in [5.41, 5.74) is 4.60. The predicted molar refractivity (Wildman–Crippen MR) is 134 cm³/mol. The van der Waals surface area contributed by atoms with Crippen LogP contribution in [0.5, 0.6) is 0 Å². The maximum absolute atomic E-state index is 12.7. The summed E-state index contributed by atoms with van der Waals surface area (Å²) >= 11 is 6.15. The zero-order valence-corrected chi connectivity index (χ0v) is 19.9. The predicted octanol–water partition coefficient (Wildman–Crippen LogP) is 3.67. The lowest BCUT2D eigenvalue weighted by Crippen LogP contribution is -2.49. The molecule has 1 saturated heterocycles. The van der Waals surface area contributed by atoms with Crippen LogP contribution in [-0.4, -0.2) is 58.9 Å². The summed E-state index contributed by atoms with van der Waals surface area (Å²) in [6.07, 6.45) is 2.61. The van der Waals surface area contributed by atoms with Crippen LogP contribution in [-0.2, 0) is 24.3 Å². The van der Waals surface area contributed by atoms with Crippen LogP contribution in [0.15, 0.2) is 48.5 Å². The zero-order valence-electron chi connectivity index (χ0n) is 19.1. The highest BCUT2D eigenvalue weighted by Gasteiger charge is 2.25. The number of rotatable bonds is 5. The highest BCUT2D eigenvalue weighted by molar-refractivity contribution is 6.31. The summed E-state index contributed by atoms with van der Waals surface area (Å²) < 4.78 is 0. The van der Waals surface area contributed by atoms with Crippen LogP contribution >= 0.6 is 11.6 Å². The maximum Gasteiger partial charge on any atom is 0.318 e. The van der Waals surface area contributed by atoms with Crippen LogP contribution in [0, 0.1) is 0 Å². The van der Waals surface area contributed by atoms with E-state index in [1.165, 1.54) is 11.1 Å². The Labute approximate surface area is 204 Å². The second-order valence-electron chi connectivity index (χ2n) is 9.21. The van der Waals surface area contributed by atoms with Gasteiger partial charge in [0.15, 0.2) is 0 Å². The van der Waals surface area contributed by atoms with Gasteiger partial charge in [0.2, 0.25) is 5.91 Å². The number of H-pyrrole nitrogens is 1. The lowest BCUT2D eigenvalue weighted by molar-refractivity contribution is -0.121. The van der Waals surface area contributed by atoms with Gasteiger partial charge in [0.1, 0.15) is 0 Å². The number of nitrogens with zero attached hydrogens (tertiary/aromatic N) is 2. The quantitative estimate of drug-likeness (QED) is 0.522. The average molecular weight is 480 g/mol. The van der Waals surface area contributed by atoms with Crippen LogP contribution in [0.3, 0.4) is 0 Å². The van der Waals surface area contributed by atoms with Gasteiger partial charge in [0.25, 0.3) is 0 Å². The minimum absolute atomic E-state index is 0.00523. The Hall–Kier alpha value is -3.03. The molecule has 0 atom stereocenters. The fourth-order valence-electron chi connectivity index (χ4n) is 5.01. The lowest BCUT2D eigenvalue weighted by atomic mass is 10.0. The Morgan fingerprint density at radius 2 is 1.85 bits per heavy atom. The first kappa shape index (κ1) is 22.7. The van der Waals surface area contributed by atoms with E-state index in [1.807, 2.05) is 24.3 Å². The van der Waals surface area contributed by atoms with Crippen molar-refractivity contribution in [3.8, 4) is 0 Å². The Morgan fingerprint density at radius 3 is 2.65 bits per heavy atom. The van der Waals surface area contributed by atoms with Crippen LogP contribution in [0.4, 0.5) is 4.79 Å². The molecule has 8 heteroatoms. The molecule has 0 spiro atoms. The molecule has 5 rings (SSSR count). The minimum atomic E-state index is -0.213. The minimum Gasteiger partial charge on any atom is -0.357 e. The lowest BCUT2D eigenvalue weighted by Gasteiger charge is -2.32. The summed E-state index contributed by atoms with van der Waals surface area (Å²) in [7, 11) is 0. The van der Waals surface area contributed by atoms with Crippen molar-refractivity contribution in [2.75, 3.05) is 26.2 Å². The van der Waals surface area contributed by atoms with Crippen molar-refractivity contribution in [2.45, 2.75) is 38.4 Å². The topological polar surface area (TPSA) is 80.5 Å². The molecule has 3 heterocycles. The Bertz CT molecular complexity index is 1170. The van der Waals surface area contributed by atoms with Gasteiger partial charge in [-0.2, -0.15) is 0 Å². The number of amides is 3. The molecule has 0 radical (unpaired) electrons. The normalized spacial score (nSPS) is 16.9. The molecule has 1 fully saturated rings. The van der Waals surface area contributed by atoms with Crippen molar-refractivity contribution in [3.63, 3.8) is 0 Å². The molecule has 34 heavy (non-hydrogen) atoms. The van der Waals surface area contributed by atoms with E-state index < -0.39 is 0 Å². The van der Waals surface area contributed by atoms with Gasteiger partial charge in [0, 0.05) is 53.8 Å². The molecule has 0 aliphatic carbocycles. The van der Waals surface area contributed by atoms with E-state index in [-0.39, 0.29) is 24.5 Å². The molecule has 0 bridgehead atoms. The molecular formula is C26H30ClN5O2. The first-order chi connectivity index (χ1) is 16.5. The van der Waals surface area contributed by atoms with Gasteiger partial charge in [-0.15, -0.1) is 0 Å². The van der Waals surface area contributed by atoms with Crippen molar-refractivity contribution < 1.29 is 9.59 Å². The Morgan fingerprint density at radius 1 is 1.06 bits per heavy atom. The van der Waals surface area contributed by atoms with Crippen molar-refractivity contribution in [1.29, 1.82) is 0 Å². The largest absolute Gasteiger partial charge is 0.357 e. The van der Waals surface area contributed by atoms with Gasteiger partial charge in [0.05, 0.1) is 13.1 Å². The van der Waals surface area contributed by atoms with Crippen molar-refractivity contribution in [1.82, 2.24) is 25.4 Å². The summed E-state index contributed by atoms with van der Waals surface area (Å²) in [6.45, 7) is 3.96. The average Bonchev–Trinajstić information content (AvgIpc) is 3.21. The number of nitrogens with one attached hydrogen (secondary N) is 3. The number of hydrogen-bond donors (Lipinski definition) is 3. The van der Waals surface area contributed by atoms with Gasteiger partial charge in [-0.25, -0.2) is 4.79 Å². The van der Waals surface area contributed by atoms with Crippen LogP contribution in [0.2, 0.25) is 5.02 Å². The maximum atomic E-state index is 12.7. The molecule has 2 aliphatic rings. The molecule has 1 aromatic heterocycles. The number of halogens is 1. The molecule has 178 valence electrons. The highest BCUT2D eigenvalue weighted by atomic mass is 35.5. The number of hydrogen-bond acceptors (Lipinski definition) is 3. The second kappa shape index (κ2) is 10.1. The van der Waals surface area contributed by atoms with E-state index in [0.717, 1.165) is 55.5 Å². The fourth-order valence-corrected chi connectivity index (χ4v) is 5.18. The van der Waals surface area contributed by atoms with Gasteiger partial charge in [-0.1, -0.05) is 41.9 Å². The Kier molecular flexibility index (Phi) is 6.74. The first-order valence-corrected chi connectivity index (χ1v) is 12.3. The number of benzene rings is 2. The third kappa shape index (κ3) is 5.21. The zero-order chi connectivity index (χ0) is 23.5. The number of aromatic amines is 1. The fraction of sp³-hybridized carbons (Fsp3) is 0.385. The van der Waals surface area contributed by atoms with Crippen molar-refractivity contribution in [2.24, 2.45) is 0 Å². The molecule has 3 amide bonds. The number of carbonyl (C=O) groups excluding carboxylic acids is 2. The number of fused-ring (bicyclic) bond motifs is 3. The van der Waals surface area contributed by atoms with Gasteiger partial charge >= 0.3 is 6.03 Å². The molecule has 7 nitrogen and oxygen atoms in total. The number of urea groups is 1. The summed E-state index contributed by atoms with van der Waals surface area (Å²) in [4.78, 5) is 32.7. The summed E-state index contributed by atoms with van der Waals surface area (Å²) in [5.74, 6) is -0.132. The number of likely N-dealkylation sites (tertiary alicyclic amines) is 1. The smallest absolute Gasteiger partial charge is 0.318 e. The number of aromatic nitrogens is 1. The summed E-state index contributed by atoms with van der Waals surface area (Å²) in [6, 6.07) is 16.2. The van der Waals surface area contributed by atoms with Crippen molar-refractivity contribution in [3.05, 3.63) is 70.4 Å². The molecular weight excluding hydrogens is 450 g/mol. The van der Waals surface area contributed by atoms with E-state index in [0.29, 0.717) is 18.1 Å². The molecule has 3 aromatic rings. The number of piperidine rings is 1. The molecule has 0 unspecified atom stereocenters. The first-order valence-electron chi connectivity index (χ1n) is 11.9. The molecule has 2 aliphatic heterocycles. The van der Waals surface area contributed by atoms with Gasteiger partial charge in [-0.05, 0) is 48.6 Å². The monoisotopic (exact) mass is 479 g/mol. The molecule has 2 aromatic carbocycles. The van der Waals surface area contributed by atoms with Crippen LogP contribution in [0.25, 0.3) is 10.9 Å². The molecule has 0 saturated carbocycles. The van der Waals surface area contributed by atoms with Crippen LogP contribution < -0.4 is 10.6 Å². The SMILES string of the molecule is O=C(CNC(=O)N1CCc2c([nH]c3ccc(Cl)cc23)C1)NC1CCN(Cc2ccccc2)CC1. The van der Waals surface area contributed by atoms with Gasteiger partial charge in [-0.3, -0.25) is 9.69 Å². The Balaban J connectivity index is 1.06. The second-order valence-corrected chi connectivity index (χ2v) is 9.64. The third-order valence-electron chi connectivity index (χ3n) is 6.83. The summed E-state index contributed by atoms with van der Waals surface area (Å²) in [5, 5.41) is 7.70. The van der Waals surface area contributed by atoms with Crippen LogP contribution in [0.1, 0.15) is 29.7 Å². The van der Waals surface area contributed by atoms with E-state index in [9.17, 15) is 9.59 Å². The highest BCUT2D eigenvalue weighted by Crippen LogP contribution is 2.29. The van der Waals surface area contributed by atoms with E-state index in [4.69, 9.17) is 11.6 Å². The standard InChI is InChI=1S/C26H30ClN5O2/c27-19-6-7-23-22(14-19)21-10-13-32(17-24(21)30-23)26(34)28-15-25(33)29-20-8-11-31(12-9-20)16-18-4-2-1-3-5-18/h1-7,14,20,30H,8-13,15-17H2,(H,28,34)(H,29,33). The van der Waals surface area contributed by atoms with Gasteiger partial charge < -0.3 is 20.5 Å². The third-order valence-corrected chi connectivity index (χ3v) is 7.06. The van der Waals surface area contributed by atoms with Crippen molar-refractivity contribution >= 4 is 34.4 Å². The number of carbonyl (C=O) groups is 2. The van der Waals surface area contributed by atoms with E-state index in [1.54, 1.807) is 4.90 Å². The van der Waals surface area contributed by atoms with E-state index in [2.05, 4.69) is 44.8 Å².